The predicted octanol–water partition coefficient (Wildman–Crippen LogP) is 1.61. The van der Waals surface area contributed by atoms with E-state index < -0.39 is 0 Å². The molecule has 0 aliphatic carbocycles. The van der Waals surface area contributed by atoms with Crippen LogP contribution in [-0.2, 0) is 6.54 Å². The Morgan fingerprint density at radius 3 is 2.68 bits per heavy atom. The Bertz CT molecular complexity index is 569. The smallest absolute Gasteiger partial charge is 0.253 e. The summed E-state index contributed by atoms with van der Waals surface area (Å²) in [6.07, 6.45) is 3.39. The number of carbonyl (C=O) groups is 1. The summed E-state index contributed by atoms with van der Waals surface area (Å²) >= 11 is 0. The van der Waals surface area contributed by atoms with Crippen LogP contribution in [0.3, 0.4) is 0 Å². The average molecular weight is 256 g/mol. The number of hydrogen-bond donors (Lipinski definition) is 3. The van der Waals surface area contributed by atoms with Crippen LogP contribution in [0, 0.1) is 6.92 Å². The second-order valence-electron chi connectivity index (χ2n) is 4.23. The van der Waals surface area contributed by atoms with E-state index >= 15 is 0 Å². The van der Waals surface area contributed by atoms with Crippen LogP contribution >= 0.6 is 0 Å². The van der Waals surface area contributed by atoms with Gasteiger partial charge in [0.2, 0.25) is 0 Å². The monoisotopic (exact) mass is 256 g/mol. The van der Waals surface area contributed by atoms with E-state index in [1.807, 2.05) is 25.1 Å². The standard InChI is InChI=1S/C14H16N4O/c1-10-2-3-13(18-15)12(8-10)14(19)17-9-11-4-6-16-7-5-11/h2-8,18H,9,15H2,1H3,(H,17,19). The van der Waals surface area contributed by atoms with Crippen molar-refractivity contribution in [3.8, 4) is 0 Å². The predicted molar refractivity (Wildman–Crippen MR) is 74.4 cm³/mol. The molecule has 1 aromatic heterocycles. The molecule has 0 radical (unpaired) electrons. The van der Waals surface area contributed by atoms with Gasteiger partial charge in [0.25, 0.3) is 5.91 Å². The Kier molecular flexibility index (Phi) is 4.10. The van der Waals surface area contributed by atoms with Crippen LogP contribution in [0.2, 0.25) is 0 Å². The van der Waals surface area contributed by atoms with Crippen LogP contribution in [0.1, 0.15) is 21.5 Å². The molecule has 0 fully saturated rings. The van der Waals surface area contributed by atoms with Crippen molar-refractivity contribution in [2.75, 3.05) is 5.43 Å². The van der Waals surface area contributed by atoms with E-state index in [0.29, 0.717) is 17.8 Å². The summed E-state index contributed by atoms with van der Waals surface area (Å²) < 4.78 is 0. The van der Waals surface area contributed by atoms with E-state index in [1.54, 1.807) is 24.5 Å². The average Bonchev–Trinajstić information content (AvgIpc) is 2.46. The summed E-state index contributed by atoms with van der Waals surface area (Å²) in [6.45, 7) is 2.39. The number of aryl methyl sites for hydroxylation is 1. The van der Waals surface area contributed by atoms with E-state index in [9.17, 15) is 4.79 Å². The van der Waals surface area contributed by atoms with Crippen LogP contribution in [0.15, 0.2) is 42.7 Å². The Hall–Kier alpha value is -2.40. The lowest BCUT2D eigenvalue weighted by Gasteiger charge is -2.10. The lowest BCUT2D eigenvalue weighted by atomic mass is 10.1. The number of hydrazine groups is 1. The van der Waals surface area contributed by atoms with Gasteiger partial charge in [0.1, 0.15) is 0 Å². The van der Waals surface area contributed by atoms with E-state index in [2.05, 4.69) is 15.7 Å². The van der Waals surface area contributed by atoms with Gasteiger partial charge in [0, 0.05) is 18.9 Å². The molecule has 4 N–H and O–H groups in total. The van der Waals surface area contributed by atoms with E-state index in [0.717, 1.165) is 11.1 Å². The Morgan fingerprint density at radius 2 is 2.00 bits per heavy atom. The summed E-state index contributed by atoms with van der Waals surface area (Å²) in [5, 5.41) is 2.85. The molecule has 1 heterocycles. The zero-order valence-corrected chi connectivity index (χ0v) is 10.7. The maximum atomic E-state index is 12.1. The SMILES string of the molecule is Cc1ccc(NN)c(C(=O)NCc2ccncc2)c1. The number of nitrogens with two attached hydrogens (primary N) is 1. The van der Waals surface area contributed by atoms with Crippen LogP contribution in [0.5, 0.6) is 0 Å². The summed E-state index contributed by atoms with van der Waals surface area (Å²) in [7, 11) is 0. The number of benzene rings is 1. The van der Waals surface area contributed by atoms with Gasteiger partial charge in [0.15, 0.2) is 0 Å². The largest absolute Gasteiger partial charge is 0.348 e. The number of anilines is 1. The van der Waals surface area contributed by atoms with E-state index in [1.165, 1.54) is 0 Å². The molecule has 2 rings (SSSR count). The first-order valence-corrected chi connectivity index (χ1v) is 5.95. The topological polar surface area (TPSA) is 80.0 Å². The molecule has 2 aromatic rings. The lowest BCUT2D eigenvalue weighted by Crippen LogP contribution is -2.25. The molecule has 5 nitrogen and oxygen atoms in total. The third-order valence-corrected chi connectivity index (χ3v) is 2.78. The normalized spacial score (nSPS) is 10.0. The van der Waals surface area contributed by atoms with Gasteiger partial charge in [0.05, 0.1) is 11.3 Å². The minimum atomic E-state index is -0.159. The number of nitrogen functional groups attached to an aromatic ring is 1. The second-order valence-corrected chi connectivity index (χ2v) is 4.23. The quantitative estimate of drug-likeness (QED) is 0.573. The van der Waals surface area contributed by atoms with Crippen molar-refractivity contribution in [2.24, 2.45) is 5.84 Å². The molecule has 0 unspecified atom stereocenters. The number of nitrogens with zero attached hydrogens (tertiary/aromatic N) is 1. The van der Waals surface area contributed by atoms with Crippen LogP contribution in [0.25, 0.3) is 0 Å². The third kappa shape index (κ3) is 3.29. The minimum Gasteiger partial charge on any atom is -0.348 e. The van der Waals surface area contributed by atoms with Gasteiger partial charge < -0.3 is 10.7 Å². The molecule has 1 amide bonds. The van der Waals surface area contributed by atoms with Crippen LogP contribution in [-0.4, -0.2) is 10.9 Å². The molecule has 98 valence electrons. The first-order valence-electron chi connectivity index (χ1n) is 5.95. The first-order chi connectivity index (χ1) is 9.20. The Labute approximate surface area is 111 Å². The third-order valence-electron chi connectivity index (χ3n) is 2.78. The first kappa shape index (κ1) is 13.0. The van der Waals surface area contributed by atoms with Crippen molar-refractivity contribution in [2.45, 2.75) is 13.5 Å². The molecule has 0 saturated carbocycles. The van der Waals surface area contributed by atoms with Crippen LogP contribution < -0.4 is 16.6 Å². The maximum absolute atomic E-state index is 12.1. The van der Waals surface area contributed by atoms with Gasteiger partial charge in [-0.3, -0.25) is 15.6 Å². The fourth-order valence-corrected chi connectivity index (χ4v) is 1.75. The van der Waals surface area contributed by atoms with Crippen molar-refractivity contribution in [3.63, 3.8) is 0 Å². The number of amides is 1. The number of carbonyl (C=O) groups excluding carboxylic acids is 1. The minimum absolute atomic E-state index is 0.159. The number of pyridine rings is 1. The van der Waals surface area contributed by atoms with Gasteiger partial charge >= 0.3 is 0 Å². The Balaban J connectivity index is 2.10. The van der Waals surface area contributed by atoms with Gasteiger partial charge in [-0.15, -0.1) is 0 Å². The maximum Gasteiger partial charge on any atom is 0.253 e. The van der Waals surface area contributed by atoms with Crippen molar-refractivity contribution >= 4 is 11.6 Å². The summed E-state index contributed by atoms with van der Waals surface area (Å²) in [5.74, 6) is 5.25. The summed E-state index contributed by atoms with van der Waals surface area (Å²) in [4.78, 5) is 16.1. The van der Waals surface area contributed by atoms with Crippen molar-refractivity contribution in [1.82, 2.24) is 10.3 Å². The molecule has 0 saturated heterocycles. The van der Waals surface area contributed by atoms with Crippen molar-refractivity contribution < 1.29 is 4.79 Å². The number of hydrogen-bond acceptors (Lipinski definition) is 4. The van der Waals surface area contributed by atoms with E-state index in [4.69, 9.17) is 5.84 Å². The Morgan fingerprint density at radius 1 is 1.26 bits per heavy atom. The molecule has 0 aliphatic heterocycles. The molecule has 0 bridgehead atoms. The van der Waals surface area contributed by atoms with Crippen molar-refractivity contribution in [1.29, 1.82) is 0 Å². The highest BCUT2D eigenvalue weighted by molar-refractivity contribution is 5.99. The molecular weight excluding hydrogens is 240 g/mol. The molecular formula is C14H16N4O. The number of aromatic nitrogens is 1. The van der Waals surface area contributed by atoms with Gasteiger partial charge in [-0.05, 0) is 36.8 Å². The highest BCUT2D eigenvalue weighted by Gasteiger charge is 2.10. The highest BCUT2D eigenvalue weighted by Crippen LogP contribution is 2.16. The highest BCUT2D eigenvalue weighted by atomic mass is 16.1. The van der Waals surface area contributed by atoms with Crippen LogP contribution in [0.4, 0.5) is 5.69 Å². The second kappa shape index (κ2) is 5.97. The molecule has 1 aromatic carbocycles. The number of rotatable bonds is 4. The summed E-state index contributed by atoms with van der Waals surface area (Å²) in [6, 6.07) is 9.21. The zero-order valence-electron chi connectivity index (χ0n) is 10.7. The molecule has 0 spiro atoms. The lowest BCUT2D eigenvalue weighted by molar-refractivity contribution is 0.0951. The molecule has 19 heavy (non-hydrogen) atoms. The summed E-state index contributed by atoms with van der Waals surface area (Å²) in [5.41, 5.74) is 5.68. The zero-order chi connectivity index (χ0) is 13.7. The fraction of sp³-hybridized carbons (Fsp3) is 0.143. The number of nitrogens with one attached hydrogen (secondary N) is 2. The fourth-order valence-electron chi connectivity index (χ4n) is 1.75. The molecule has 0 aliphatic rings. The molecule has 5 heteroatoms. The van der Waals surface area contributed by atoms with Gasteiger partial charge in [-0.25, -0.2) is 0 Å². The van der Waals surface area contributed by atoms with E-state index in [-0.39, 0.29) is 5.91 Å². The van der Waals surface area contributed by atoms with Crippen molar-refractivity contribution in [3.05, 3.63) is 59.4 Å². The van der Waals surface area contributed by atoms with Gasteiger partial charge in [-0.1, -0.05) is 11.6 Å². The van der Waals surface area contributed by atoms with Gasteiger partial charge in [-0.2, -0.15) is 0 Å². The molecule has 0 atom stereocenters.